The minimum atomic E-state index is -0.556. The first-order valence-electron chi connectivity index (χ1n) is 11.4. The molecule has 0 radical (unpaired) electrons. The van der Waals surface area contributed by atoms with Crippen LogP contribution in [0.25, 0.3) is 11.0 Å². The Hall–Kier alpha value is -3.33. The molecule has 34 heavy (non-hydrogen) atoms. The van der Waals surface area contributed by atoms with Crippen molar-refractivity contribution in [3.05, 3.63) is 71.6 Å². The van der Waals surface area contributed by atoms with Crippen LogP contribution >= 0.6 is 11.6 Å². The Kier molecular flexibility index (Phi) is 6.40. The molecule has 0 bridgehead atoms. The van der Waals surface area contributed by atoms with Crippen molar-refractivity contribution in [3.8, 4) is 0 Å². The Balaban J connectivity index is 1.76. The Labute approximate surface area is 201 Å². The summed E-state index contributed by atoms with van der Waals surface area (Å²) in [5.74, 6) is -0.383. The van der Waals surface area contributed by atoms with Crippen LogP contribution in [0.2, 0.25) is 5.02 Å². The van der Waals surface area contributed by atoms with Crippen molar-refractivity contribution in [2.24, 2.45) is 7.05 Å². The predicted molar refractivity (Wildman–Crippen MR) is 133 cm³/mol. The summed E-state index contributed by atoms with van der Waals surface area (Å²) < 4.78 is 3.72. The fourth-order valence-corrected chi connectivity index (χ4v) is 4.85. The molecular formula is C24H28ClN5O4. The summed E-state index contributed by atoms with van der Waals surface area (Å²) in [5, 5.41) is 0.753. The number of fused-ring (bicyclic) bond motifs is 1. The van der Waals surface area contributed by atoms with E-state index in [4.69, 9.17) is 11.6 Å². The van der Waals surface area contributed by atoms with E-state index in [-0.39, 0.29) is 35.6 Å². The molecule has 1 aromatic carbocycles. The van der Waals surface area contributed by atoms with Crippen molar-refractivity contribution in [1.29, 1.82) is 0 Å². The number of carbonyl (C=O) groups is 1. The van der Waals surface area contributed by atoms with Gasteiger partial charge in [0, 0.05) is 63.1 Å². The Morgan fingerprint density at radius 3 is 2.24 bits per heavy atom. The molecule has 2 aromatic heterocycles. The molecule has 1 aliphatic heterocycles. The normalized spacial score (nSPS) is 14.1. The van der Waals surface area contributed by atoms with E-state index >= 15 is 0 Å². The van der Waals surface area contributed by atoms with E-state index in [0.29, 0.717) is 31.2 Å². The third kappa shape index (κ3) is 3.83. The lowest BCUT2D eigenvalue weighted by molar-refractivity contribution is 0.0748. The van der Waals surface area contributed by atoms with Gasteiger partial charge >= 0.3 is 5.69 Å². The average molecular weight is 486 g/mol. The number of pyridine rings is 1. The summed E-state index contributed by atoms with van der Waals surface area (Å²) in [6.45, 7) is 7.94. The second kappa shape index (κ2) is 9.13. The number of aromatic nitrogens is 3. The fraction of sp³-hybridized carbons (Fsp3) is 0.417. The third-order valence-electron chi connectivity index (χ3n) is 6.52. The molecule has 180 valence electrons. The van der Waals surface area contributed by atoms with Crippen LogP contribution in [0.15, 0.2) is 38.6 Å². The molecule has 1 amide bonds. The molecule has 1 fully saturated rings. The lowest BCUT2D eigenvalue weighted by atomic mass is 10.1. The standard InChI is InChI=1S/C24H28ClN5O4/c1-5-29-19(31)14-17(20-21(29)26(4)24(34)30(6-2)23(20)33)22(32)28-11-9-27(10-12-28)18-13-16(25)8-7-15(18)3/h7-8,13-14H,5-6,9-12H2,1-4H3. The first-order valence-corrected chi connectivity index (χ1v) is 11.7. The molecule has 10 heteroatoms. The van der Waals surface area contributed by atoms with Gasteiger partial charge in [0.15, 0.2) is 0 Å². The van der Waals surface area contributed by atoms with E-state index in [1.807, 2.05) is 25.1 Å². The number of rotatable bonds is 4. The quantitative estimate of drug-likeness (QED) is 0.562. The van der Waals surface area contributed by atoms with Gasteiger partial charge in [-0.25, -0.2) is 4.79 Å². The zero-order valence-corrected chi connectivity index (χ0v) is 20.6. The monoisotopic (exact) mass is 485 g/mol. The van der Waals surface area contributed by atoms with Gasteiger partial charge in [-0.05, 0) is 38.5 Å². The smallest absolute Gasteiger partial charge is 0.332 e. The molecule has 0 spiro atoms. The van der Waals surface area contributed by atoms with Crippen molar-refractivity contribution in [1.82, 2.24) is 18.6 Å². The van der Waals surface area contributed by atoms with Crippen molar-refractivity contribution in [3.63, 3.8) is 0 Å². The maximum Gasteiger partial charge on any atom is 0.332 e. The molecule has 0 atom stereocenters. The van der Waals surface area contributed by atoms with E-state index in [1.54, 1.807) is 18.7 Å². The second-order valence-electron chi connectivity index (χ2n) is 8.44. The van der Waals surface area contributed by atoms with Crippen LogP contribution in [0.4, 0.5) is 5.69 Å². The number of aryl methyl sites for hydroxylation is 3. The van der Waals surface area contributed by atoms with Crippen LogP contribution < -0.4 is 21.7 Å². The summed E-state index contributed by atoms with van der Waals surface area (Å²) in [7, 11) is 1.52. The minimum absolute atomic E-state index is 0.0416. The molecule has 0 aliphatic carbocycles. The summed E-state index contributed by atoms with van der Waals surface area (Å²) in [5.41, 5.74) is 0.841. The molecule has 3 heterocycles. The summed E-state index contributed by atoms with van der Waals surface area (Å²) in [6, 6.07) is 6.96. The van der Waals surface area contributed by atoms with E-state index in [1.165, 1.54) is 22.2 Å². The Morgan fingerprint density at radius 2 is 1.62 bits per heavy atom. The number of halogens is 1. The highest BCUT2D eigenvalue weighted by molar-refractivity contribution is 6.30. The highest BCUT2D eigenvalue weighted by Crippen LogP contribution is 2.26. The van der Waals surface area contributed by atoms with Crippen molar-refractivity contribution in [2.75, 3.05) is 31.1 Å². The van der Waals surface area contributed by atoms with Crippen LogP contribution in [0, 0.1) is 6.92 Å². The SMILES string of the molecule is CCn1c(=O)c2c(C(=O)N3CCN(c4cc(Cl)ccc4C)CC3)cc(=O)n(CC)c2n(C)c1=O. The van der Waals surface area contributed by atoms with Gasteiger partial charge in [0.2, 0.25) is 0 Å². The molecule has 4 rings (SSSR count). The molecule has 1 aliphatic rings. The van der Waals surface area contributed by atoms with Crippen molar-refractivity contribution in [2.45, 2.75) is 33.9 Å². The van der Waals surface area contributed by atoms with E-state index < -0.39 is 16.8 Å². The number of hydrogen-bond donors (Lipinski definition) is 0. The highest BCUT2D eigenvalue weighted by atomic mass is 35.5. The third-order valence-corrected chi connectivity index (χ3v) is 6.75. The molecule has 0 N–H and O–H groups in total. The Bertz CT molecular complexity index is 1460. The van der Waals surface area contributed by atoms with Crippen LogP contribution in [0.1, 0.15) is 29.8 Å². The minimum Gasteiger partial charge on any atom is -0.368 e. The van der Waals surface area contributed by atoms with Crippen molar-refractivity contribution >= 4 is 34.2 Å². The number of benzene rings is 1. The molecule has 3 aromatic rings. The zero-order chi connectivity index (χ0) is 24.7. The van der Waals surface area contributed by atoms with Gasteiger partial charge in [0.1, 0.15) is 5.65 Å². The van der Waals surface area contributed by atoms with Crippen LogP contribution in [0.3, 0.4) is 0 Å². The van der Waals surface area contributed by atoms with Gasteiger partial charge in [0.05, 0.1) is 10.9 Å². The topological polar surface area (TPSA) is 89.6 Å². The lowest BCUT2D eigenvalue weighted by Crippen LogP contribution is -2.49. The van der Waals surface area contributed by atoms with Gasteiger partial charge in [-0.15, -0.1) is 0 Å². The van der Waals surface area contributed by atoms with E-state index in [9.17, 15) is 19.2 Å². The van der Waals surface area contributed by atoms with Crippen LogP contribution in [-0.2, 0) is 20.1 Å². The van der Waals surface area contributed by atoms with Gasteiger partial charge < -0.3 is 9.80 Å². The fourth-order valence-electron chi connectivity index (χ4n) is 4.68. The van der Waals surface area contributed by atoms with Gasteiger partial charge in [-0.2, -0.15) is 0 Å². The summed E-state index contributed by atoms with van der Waals surface area (Å²) in [4.78, 5) is 56.3. The molecule has 0 unspecified atom stereocenters. The first kappa shape index (κ1) is 23.8. The summed E-state index contributed by atoms with van der Waals surface area (Å²) >= 11 is 6.17. The van der Waals surface area contributed by atoms with Gasteiger partial charge in [-0.1, -0.05) is 17.7 Å². The molecule has 1 saturated heterocycles. The second-order valence-corrected chi connectivity index (χ2v) is 8.88. The molecular weight excluding hydrogens is 458 g/mol. The van der Waals surface area contributed by atoms with E-state index in [0.717, 1.165) is 15.8 Å². The number of piperazine rings is 1. The van der Waals surface area contributed by atoms with Crippen molar-refractivity contribution < 1.29 is 4.79 Å². The first-order chi connectivity index (χ1) is 16.2. The lowest BCUT2D eigenvalue weighted by Gasteiger charge is -2.37. The largest absolute Gasteiger partial charge is 0.368 e. The number of carbonyl (C=O) groups excluding carboxylic acids is 1. The Morgan fingerprint density at radius 1 is 0.971 bits per heavy atom. The van der Waals surface area contributed by atoms with Crippen LogP contribution in [-0.4, -0.2) is 50.7 Å². The number of nitrogens with zero attached hydrogens (tertiary/aromatic N) is 5. The van der Waals surface area contributed by atoms with Crippen LogP contribution in [0.5, 0.6) is 0 Å². The van der Waals surface area contributed by atoms with Gasteiger partial charge in [-0.3, -0.25) is 28.1 Å². The highest BCUT2D eigenvalue weighted by Gasteiger charge is 2.28. The average Bonchev–Trinajstić information content (AvgIpc) is 2.83. The summed E-state index contributed by atoms with van der Waals surface area (Å²) in [6.07, 6.45) is 0. The number of amides is 1. The number of hydrogen-bond acceptors (Lipinski definition) is 5. The zero-order valence-electron chi connectivity index (χ0n) is 19.8. The van der Waals surface area contributed by atoms with Gasteiger partial charge in [0.25, 0.3) is 17.0 Å². The maximum atomic E-state index is 13.6. The molecule has 0 saturated carbocycles. The molecule has 9 nitrogen and oxygen atoms in total. The number of anilines is 1. The predicted octanol–water partition coefficient (Wildman–Crippen LogP) is 1.83. The van der Waals surface area contributed by atoms with E-state index in [2.05, 4.69) is 4.90 Å². The maximum absolute atomic E-state index is 13.6.